The van der Waals surface area contributed by atoms with Gasteiger partial charge in [0.05, 0.1) is 22.6 Å². The van der Waals surface area contributed by atoms with Crippen molar-refractivity contribution in [2.24, 2.45) is 22.6 Å². The van der Waals surface area contributed by atoms with E-state index in [1.54, 1.807) is 0 Å². The zero-order chi connectivity index (χ0) is 22.4. The van der Waals surface area contributed by atoms with E-state index in [2.05, 4.69) is 41.5 Å². The first-order valence-corrected chi connectivity index (χ1v) is 12.5. The van der Waals surface area contributed by atoms with Gasteiger partial charge in [-0.2, -0.15) is 0 Å². The molecule has 30 heavy (non-hydrogen) atoms. The lowest BCUT2D eigenvalue weighted by atomic mass is 9.77. The van der Waals surface area contributed by atoms with Gasteiger partial charge in [0.15, 0.2) is 0 Å². The van der Waals surface area contributed by atoms with Crippen molar-refractivity contribution in [3.8, 4) is 0 Å². The molecule has 0 saturated heterocycles. The van der Waals surface area contributed by atoms with Gasteiger partial charge in [0.1, 0.15) is 0 Å². The second kappa shape index (κ2) is 10.7. The molecule has 174 valence electrons. The Hall–Kier alpha value is -0.740. The minimum atomic E-state index is -0.237. The van der Waals surface area contributed by atoms with Crippen LogP contribution in [0.5, 0.6) is 0 Å². The zero-order valence-electron chi connectivity index (χ0n) is 20.8. The fraction of sp³-hybridized carbons (Fsp3) is 0.923. The quantitative estimate of drug-likeness (QED) is 0.387. The molecule has 0 aliphatic heterocycles. The maximum atomic E-state index is 9.06. The summed E-state index contributed by atoms with van der Waals surface area (Å²) in [6.45, 7) is 13.5. The fourth-order valence-corrected chi connectivity index (χ4v) is 5.46. The highest BCUT2D eigenvalue weighted by molar-refractivity contribution is 6.42. The van der Waals surface area contributed by atoms with E-state index in [-0.39, 0.29) is 16.7 Å². The Balaban J connectivity index is 2.07. The van der Waals surface area contributed by atoms with Crippen LogP contribution in [0, 0.1) is 17.2 Å². The van der Waals surface area contributed by atoms with Crippen LogP contribution in [-0.2, 0) is 4.74 Å². The Morgan fingerprint density at radius 1 is 0.867 bits per heavy atom. The van der Waals surface area contributed by atoms with Gasteiger partial charge in [-0.25, -0.2) is 0 Å². The first kappa shape index (κ1) is 25.5. The van der Waals surface area contributed by atoms with Crippen molar-refractivity contribution in [3.63, 3.8) is 0 Å². The number of nitrogens with zero attached hydrogens (tertiary/aromatic N) is 1. The summed E-state index contributed by atoms with van der Waals surface area (Å²) in [6.07, 6.45) is 14.2. The molecule has 0 aromatic carbocycles. The molecule has 2 saturated carbocycles. The van der Waals surface area contributed by atoms with E-state index in [1.807, 2.05) is 0 Å². The van der Waals surface area contributed by atoms with Gasteiger partial charge in [0.2, 0.25) is 0 Å². The van der Waals surface area contributed by atoms with Crippen molar-refractivity contribution in [3.05, 3.63) is 0 Å². The molecule has 4 heteroatoms. The summed E-state index contributed by atoms with van der Waals surface area (Å²) in [4.78, 5) is 5.29. The average Bonchev–Trinajstić information content (AvgIpc) is 2.65. The molecule has 0 spiro atoms. The second-order valence-electron chi connectivity index (χ2n) is 11.9. The van der Waals surface area contributed by atoms with Crippen LogP contribution < -0.4 is 5.73 Å². The summed E-state index contributed by atoms with van der Waals surface area (Å²) in [5.41, 5.74) is 7.52. The van der Waals surface area contributed by atoms with Crippen LogP contribution in [-0.4, -0.2) is 34.7 Å². The topological polar surface area (TPSA) is 71.5 Å². The zero-order valence-corrected chi connectivity index (χ0v) is 20.8. The summed E-state index contributed by atoms with van der Waals surface area (Å²) in [6, 6.07) is 0. The van der Waals surface area contributed by atoms with Crippen molar-refractivity contribution in [1.82, 2.24) is 0 Å². The van der Waals surface area contributed by atoms with Gasteiger partial charge in [0, 0.05) is 24.0 Å². The summed E-state index contributed by atoms with van der Waals surface area (Å²) in [5.74, 6) is 0.917. The predicted octanol–water partition coefficient (Wildman–Crippen LogP) is 6.70. The molecule has 0 unspecified atom stereocenters. The molecular weight excluding hydrogens is 370 g/mol. The summed E-state index contributed by atoms with van der Waals surface area (Å²) >= 11 is 0. The third-order valence-electron chi connectivity index (χ3n) is 6.79. The molecule has 0 aromatic heterocycles. The van der Waals surface area contributed by atoms with Gasteiger partial charge in [-0.15, -0.1) is 0 Å². The number of aliphatic imine (C=N–C) groups is 1. The van der Waals surface area contributed by atoms with E-state index >= 15 is 0 Å². The number of nitrogens with one attached hydrogen (secondary N) is 1. The fourth-order valence-electron chi connectivity index (χ4n) is 5.46. The predicted molar refractivity (Wildman–Crippen MR) is 130 cm³/mol. The Labute approximate surface area is 186 Å². The van der Waals surface area contributed by atoms with Crippen LogP contribution in [0.15, 0.2) is 4.99 Å². The van der Waals surface area contributed by atoms with Crippen LogP contribution in [0.25, 0.3) is 0 Å². The minimum absolute atomic E-state index is 0.206. The van der Waals surface area contributed by atoms with Gasteiger partial charge in [0.25, 0.3) is 0 Å². The molecule has 2 aliphatic carbocycles. The summed E-state index contributed by atoms with van der Waals surface area (Å²) in [7, 11) is 0. The smallest absolute Gasteiger partial charge is 0.0643 e. The SMILES string of the molecule is CC(C)(N)CC(C)(C)OCCC(C)(C)N=C(C(=N)C1CCCCC1)C1CCCCC1. The van der Waals surface area contributed by atoms with Crippen LogP contribution in [0.4, 0.5) is 0 Å². The van der Waals surface area contributed by atoms with Crippen molar-refractivity contribution >= 4 is 11.4 Å². The highest BCUT2D eigenvalue weighted by Crippen LogP contribution is 2.32. The number of hydrogen-bond acceptors (Lipinski definition) is 4. The Bertz CT molecular complexity index is 574. The normalized spacial score (nSPS) is 21.1. The van der Waals surface area contributed by atoms with E-state index in [0.29, 0.717) is 18.4 Å². The highest BCUT2D eigenvalue weighted by Gasteiger charge is 2.31. The van der Waals surface area contributed by atoms with E-state index in [9.17, 15) is 0 Å². The molecule has 0 radical (unpaired) electrons. The van der Waals surface area contributed by atoms with Gasteiger partial charge in [-0.3, -0.25) is 4.99 Å². The van der Waals surface area contributed by atoms with Gasteiger partial charge in [-0.1, -0.05) is 38.5 Å². The Kier molecular flexibility index (Phi) is 9.12. The van der Waals surface area contributed by atoms with Crippen LogP contribution in [0.3, 0.4) is 0 Å². The lowest BCUT2D eigenvalue weighted by Gasteiger charge is -2.34. The number of hydrogen-bond donors (Lipinski definition) is 2. The van der Waals surface area contributed by atoms with E-state index < -0.39 is 0 Å². The van der Waals surface area contributed by atoms with Crippen molar-refractivity contribution < 1.29 is 4.74 Å². The van der Waals surface area contributed by atoms with Crippen molar-refractivity contribution in [1.29, 1.82) is 5.41 Å². The molecule has 4 nitrogen and oxygen atoms in total. The van der Waals surface area contributed by atoms with Crippen LogP contribution in [0.1, 0.15) is 119 Å². The maximum Gasteiger partial charge on any atom is 0.0643 e. The lowest BCUT2D eigenvalue weighted by Crippen LogP contribution is -2.42. The van der Waals surface area contributed by atoms with Gasteiger partial charge < -0.3 is 15.9 Å². The van der Waals surface area contributed by atoms with Crippen LogP contribution in [0.2, 0.25) is 0 Å². The largest absolute Gasteiger partial charge is 0.375 e. The number of rotatable bonds is 10. The van der Waals surface area contributed by atoms with Gasteiger partial charge >= 0.3 is 0 Å². The summed E-state index contributed by atoms with van der Waals surface area (Å²) < 4.78 is 6.24. The molecule has 0 aromatic rings. The second-order valence-corrected chi connectivity index (χ2v) is 11.9. The monoisotopic (exact) mass is 419 g/mol. The molecule has 2 rings (SSSR count). The standard InChI is InChI=1S/C26H49N3O/c1-24(2,28)19-26(5,6)30-18-17-25(3,4)29-23(21-15-11-8-12-16-21)22(27)20-13-9-7-10-14-20/h20-21,27H,7-19,28H2,1-6H3. The van der Waals surface area contributed by atoms with Crippen molar-refractivity contribution in [2.45, 2.75) is 135 Å². The Morgan fingerprint density at radius 2 is 1.37 bits per heavy atom. The van der Waals surface area contributed by atoms with Gasteiger partial charge in [-0.05, 0) is 80.1 Å². The van der Waals surface area contributed by atoms with E-state index in [1.165, 1.54) is 64.2 Å². The molecule has 2 fully saturated rings. The molecule has 0 bridgehead atoms. The average molecular weight is 420 g/mol. The van der Waals surface area contributed by atoms with Crippen LogP contribution >= 0.6 is 0 Å². The number of ether oxygens (including phenoxy) is 1. The first-order valence-electron chi connectivity index (χ1n) is 12.5. The van der Waals surface area contributed by atoms with E-state index in [4.69, 9.17) is 20.9 Å². The molecule has 2 aliphatic rings. The number of nitrogens with two attached hydrogens (primary N) is 1. The molecule has 0 amide bonds. The third-order valence-corrected chi connectivity index (χ3v) is 6.79. The minimum Gasteiger partial charge on any atom is -0.375 e. The molecule has 0 heterocycles. The molecule has 0 atom stereocenters. The maximum absolute atomic E-state index is 9.06. The third kappa shape index (κ3) is 8.78. The molecule has 3 N–H and O–H groups in total. The van der Waals surface area contributed by atoms with Crippen molar-refractivity contribution in [2.75, 3.05) is 6.61 Å². The highest BCUT2D eigenvalue weighted by atomic mass is 16.5. The first-order chi connectivity index (χ1) is 13.9. The molecular formula is C26H49N3O. The summed E-state index contributed by atoms with van der Waals surface area (Å²) in [5, 5.41) is 9.06. The lowest BCUT2D eigenvalue weighted by molar-refractivity contribution is -0.0395. The Morgan fingerprint density at radius 3 is 1.87 bits per heavy atom. The van der Waals surface area contributed by atoms with E-state index in [0.717, 1.165) is 24.3 Å².